The van der Waals surface area contributed by atoms with Gasteiger partial charge in [0.1, 0.15) is 10.4 Å². The van der Waals surface area contributed by atoms with Gasteiger partial charge in [-0.15, -0.1) is 0 Å². The normalized spacial score (nSPS) is 14.8. The van der Waals surface area contributed by atoms with E-state index in [-0.39, 0.29) is 16.5 Å². The number of carbonyl (C=O) groups excluding carboxylic acids is 1. The molecular weight excluding hydrogens is 408 g/mol. The summed E-state index contributed by atoms with van der Waals surface area (Å²) in [5, 5.41) is 11.8. The van der Waals surface area contributed by atoms with Crippen LogP contribution in [0.15, 0.2) is 50.3 Å². The first-order valence-corrected chi connectivity index (χ1v) is 8.70. The first kappa shape index (κ1) is 15.7. The summed E-state index contributed by atoms with van der Waals surface area (Å²) in [6, 6.07) is 3.39. The predicted octanol–water partition coefficient (Wildman–Crippen LogP) is 0.569. The number of nitrogens with zero attached hydrogens (tertiary/aromatic N) is 2. The number of hydrogen-bond acceptors (Lipinski definition) is 6. The van der Waals surface area contributed by atoms with Crippen LogP contribution < -0.4 is 20.9 Å². The highest BCUT2D eigenvalue weighted by atomic mass is 79.9. The summed E-state index contributed by atoms with van der Waals surface area (Å²) in [6.45, 7) is 0. The summed E-state index contributed by atoms with van der Waals surface area (Å²) in [5.74, 6) is 0.362. The monoisotopic (exact) mass is 416 g/mol. The van der Waals surface area contributed by atoms with Crippen LogP contribution in [-0.4, -0.2) is 20.5 Å². The lowest BCUT2D eigenvalue weighted by Crippen LogP contribution is -2.47. The average Bonchev–Trinajstić information content (AvgIpc) is 3.18. The van der Waals surface area contributed by atoms with Crippen molar-refractivity contribution in [3.8, 4) is 5.13 Å². The second kappa shape index (κ2) is 5.94. The lowest BCUT2D eigenvalue weighted by atomic mass is 10.1. The highest BCUT2D eigenvalue weighted by molar-refractivity contribution is 9.10. The quantitative estimate of drug-likeness (QED) is 0.604. The van der Waals surface area contributed by atoms with Crippen molar-refractivity contribution >= 4 is 44.7 Å². The molecule has 0 saturated heterocycles. The number of allylic oxidation sites excluding steroid dienone is 4. The molecule has 4 rings (SSSR count). The number of fused-ring (bicyclic) bond motifs is 1. The fraction of sp³-hybridized carbons (Fsp3) is 0. The van der Waals surface area contributed by atoms with Gasteiger partial charge < -0.3 is 4.42 Å². The number of hydrogen-bond donors (Lipinski definition) is 2. The number of ketones is 1. The van der Waals surface area contributed by atoms with Gasteiger partial charge in [0.2, 0.25) is 5.13 Å². The van der Waals surface area contributed by atoms with Gasteiger partial charge in [-0.3, -0.25) is 20.1 Å². The van der Waals surface area contributed by atoms with E-state index < -0.39 is 5.56 Å². The van der Waals surface area contributed by atoms with Crippen molar-refractivity contribution in [2.75, 3.05) is 0 Å². The molecule has 1 aliphatic carbocycles. The fourth-order valence-corrected chi connectivity index (χ4v) is 3.56. The molecule has 3 aliphatic rings. The molecule has 1 aromatic heterocycles. The highest BCUT2D eigenvalue weighted by Crippen LogP contribution is 2.14. The molecule has 3 heterocycles. The zero-order valence-corrected chi connectivity index (χ0v) is 14.8. The van der Waals surface area contributed by atoms with Gasteiger partial charge in [0.15, 0.2) is 15.9 Å². The Hall–Kier alpha value is -2.78. The fourth-order valence-electron chi connectivity index (χ4n) is 2.31. The lowest BCUT2D eigenvalue weighted by Gasteiger charge is -1.99. The van der Waals surface area contributed by atoms with Crippen molar-refractivity contribution in [3.63, 3.8) is 0 Å². The van der Waals surface area contributed by atoms with Crippen LogP contribution in [0, 0.1) is 5.41 Å². The number of carbonyl (C=O) groups is 1. The van der Waals surface area contributed by atoms with Crippen LogP contribution in [0.5, 0.6) is 0 Å². The summed E-state index contributed by atoms with van der Waals surface area (Å²) in [7, 11) is 0. The van der Waals surface area contributed by atoms with E-state index in [4.69, 9.17) is 9.83 Å². The molecule has 2 N–H and O–H groups in total. The first-order valence-electron chi connectivity index (χ1n) is 7.09. The summed E-state index contributed by atoms with van der Waals surface area (Å²) in [5.41, 5.74) is 0.252. The van der Waals surface area contributed by atoms with Gasteiger partial charge in [0.05, 0.1) is 5.22 Å². The van der Waals surface area contributed by atoms with E-state index >= 15 is 0 Å². The maximum Gasteiger partial charge on any atom is 0.283 e. The van der Waals surface area contributed by atoms with Crippen molar-refractivity contribution in [3.05, 3.63) is 72.6 Å². The summed E-state index contributed by atoms with van der Waals surface area (Å²) < 4.78 is 8.01. The molecule has 1 aromatic rings. The molecule has 0 bridgehead atoms. The van der Waals surface area contributed by atoms with Crippen molar-refractivity contribution in [2.24, 2.45) is 0 Å². The summed E-state index contributed by atoms with van der Waals surface area (Å²) in [4.78, 5) is 27.5. The summed E-state index contributed by atoms with van der Waals surface area (Å²) >= 11 is 4.43. The van der Waals surface area contributed by atoms with E-state index in [0.717, 1.165) is 5.57 Å². The predicted molar refractivity (Wildman–Crippen MR) is 95.0 cm³/mol. The third-order valence-electron chi connectivity index (χ3n) is 3.50. The van der Waals surface area contributed by atoms with Crippen molar-refractivity contribution < 1.29 is 9.21 Å². The molecule has 0 atom stereocenters. The molecule has 25 heavy (non-hydrogen) atoms. The largest absolute Gasteiger partial charge is 0.450 e. The van der Waals surface area contributed by atoms with Crippen LogP contribution in [0.4, 0.5) is 0 Å². The molecule has 2 aliphatic heterocycles. The van der Waals surface area contributed by atoms with Crippen molar-refractivity contribution in [2.45, 2.75) is 0 Å². The second-order valence-corrected chi connectivity index (χ2v) is 6.91. The minimum Gasteiger partial charge on any atom is -0.450 e. The van der Waals surface area contributed by atoms with E-state index in [1.807, 2.05) is 0 Å². The average molecular weight is 417 g/mol. The highest BCUT2D eigenvalue weighted by Gasteiger charge is 2.12. The number of H-pyrrole nitrogens is 1. The van der Waals surface area contributed by atoms with Crippen LogP contribution in [0.2, 0.25) is 0 Å². The number of aromatic amines is 1. The van der Waals surface area contributed by atoms with Crippen LogP contribution in [-0.2, 0) is 4.79 Å². The Labute approximate surface area is 151 Å². The van der Waals surface area contributed by atoms with Crippen LogP contribution in [0.1, 0.15) is 5.76 Å². The van der Waals surface area contributed by atoms with Crippen molar-refractivity contribution in [1.29, 1.82) is 5.41 Å². The number of aromatic nitrogens is 3. The van der Waals surface area contributed by atoms with Crippen LogP contribution >= 0.6 is 27.3 Å². The Morgan fingerprint density at radius 2 is 2.00 bits per heavy atom. The van der Waals surface area contributed by atoms with E-state index in [1.165, 1.54) is 34.2 Å². The Kier molecular flexibility index (Phi) is 3.74. The van der Waals surface area contributed by atoms with Crippen LogP contribution in [0.25, 0.3) is 16.8 Å². The number of furan rings is 1. The SMILES string of the molecule is N=c1c(=Cc2ccc(Br)o2)c(=O)nc2sc(=C3C=CC(=O)C=C3)[nH]n1-2. The van der Waals surface area contributed by atoms with Gasteiger partial charge in [-0.05, 0) is 58.4 Å². The van der Waals surface area contributed by atoms with Gasteiger partial charge >= 0.3 is 0 Å². The third kappa shape index (κ3) is 2.87. The van der Waals surface area contributed by atoms with Gasteiger partial charge in [-0.1, -0.05) is 11.3 Å². The minimum absolute atomic E-state index is 0.0227. The molecule has 9 heteroatoms. The Morgan fingerprint density at radius 3 is 2.68 bits per heavy atom. The van der Waals surface area contributed by atoms with Gasteiger partial charge in [-0.25, -0.2) is 4.68 Å². The lowest BCUT2D eigenvalue weighted by molar-refractivity contribution is -0.110. The van der Waals surface area contributed by atoms with Gasteiger partial charge in [0, 0.05) is 5.57 Å². The molecule has 0 unspecified atom stereocenters. The Balaban J connectivity index is 1.98. The topological polar surface area (TPSA) is 105 Å². The standard InChI is InChI=1S/C16H9BrN4O3S/c17-12-6-5-10(24-12)7-11-13(18)21-16(19-14(11)23)25-15(20-21)8-1-3-9(22)4-2-8/h1-7,18,20H. The molecule has 0 fully saturated rings. The number of halogens is 1. The molecule has 0 saturated carbocycles. The number of rotatable bonds is 1. The Morgan fingerprint density at radius 1 is 1.24 bits per heavy atom. The van der Waals surface area contributed by atoms with E-state index in [0.29, 0.717) is 20.2 Å². The zero-order chi connectivity index (χ0) is 17.6. The smallest absolute Gasteiger partial charge is 0.283 e. The maximum atomic E-state index is 12.3. The van der Waals surface area contributed by atoms with E-state index in [9.17, 15) is 9.59 Å². The molecule has 0 amide bonds. The first-order chi connectivity index (χ1) is 12.0. The molecule has 0 spiro atoms. The molecule has 124 valence electrons. The van der Waals surface area contributed by atoms with Crippen LogP contribution in [0.3, 0.4) is 0 Å². The second-order valence-electron chi connectivity index (χ2n) is 5.15. The maximum absolute atomic E-state index is 12.3. The van der Waals surface area contributed by atoms with Gasteiger partial charge in [0.25, 0.3) is 5.56 Å². The molecule has 0 aromatic carbocycles. The van der Waals surface area contributed by atoms with Crippen molar-refractivity contribution in [1.82, 2.24) is 14.8 Å². The molecule has 7 nitrogen and oxygen atoms in total. The number of nitrogens with one attached hydrogen (secondary N) is 2. The molecular formula is C16H9BrN4O3S. The molecule has 0 radical (unpaired) electrons. The Bertz CT molecular complexity index is 1250. The van der Waals surface area contributed by atoms with Gasteiger partial charge in [-0.2, -0.15) is 4.98 Å². The van der Waals surface area contributed by atoms with E-state index in [1.54, 1.807) is 24.3 Å². The third-order valence-corrected chi connectivity index (χ3v) is 4.92. The van der Waals surface area contributed by atoms with E-state index in [2.05, 4.69) is 26.0 Å². The summed E-state index contributed by atoms with van der Waals surface area (Å²) in [6.07, 6.45) is 7.76. The zero-order valence-electron chi connectivity index (χ0n) is 12.4. The minimum atomic E-state index is -0.505.